The molecular weight excluding hydrogens is 344 g/mol. The van der Waals surface area contributed by atoms with Crippen molar-refractivity contribution >= 4 is 11.7 Å². The molecule has 0 saturated heterocycles. The van der Waals surface area contributed by atoms with Crippen molar-refractivity contribution in [2.75, 3.05) is 20.6 Å². The van der Waals surface area contributed by atoms with E-state index in [4.69, 9.17) is 10.2 Å². The number of Topliss-reactive ketones (excluding diaryl/α,β-unsaturated/α-hetero) is 1. The number of hydrogen-bond acceptors (Lipinski definition) is 6. The lowest BCUT2D eigenvalue weighted by Gasteiger charge is -2.13. The Bertz CT molecular complexity index is 769. The van der Waals surface area contributed by atoms with Crippen molar-refractivity contribution in [3.8, 4) is 11.5 Å². The highest BCUT2D eigenvalue weighted by Gasteiger charge is 2.23. The van der Waals surface area contributed by atoms with Crippen molar-refractivity contribution < 1.29 is 14.0 Å². The zero-order valence-corrected chi connectivity index (χ0v) is 16.4. The molecule has 7 nitrogen and oxygen atoms in total. The zero-order chi connectivity index (χ0) is 20.0. The van der Waals surface area contributed by atoms with Crippen molar-refractivity contribution in [1.29, 1.82) is 0 Å². The van der Waals surface area contributed by atoms with E-state index in [1.54, 1.807) is 0 Å². The Hall–Kier alpha value is -2.51. The quantitative estimate of drug-likeness (QED) is 0.654. The van der Waals surface area contributed by atoms with E-state index < -0.39 is 6.04 Å². The lowest BCUT2D eigenvalue weighted by atomic mass is 10.0. The molecule has 0 fully saturated rings. The topological polar surface area (TPSA) is 101 Å². The van der Waals surface area contributed by atoms with Gasteiger partial charge >= 0.3 is 0 Å². The smallest absolute Gasteiger partial charge is 0.237 e. The number of carbonyl (C=O) groups excluding carboxylic acids is 2. The number of carbonyl (C=O) groups is 2. The van der Waals surface area contributed by atoms with Gasteiger partial charge in [0.2, 0.25) is 17.6 Å². The van der Waals surface area contributed by atoms with Crippen LogP contribution in [0.3, 0.4) is 0 Å². The SMILES string of the molecule is CC(C)CC(N)C(=O)NCC(=O)c1oc(-c2ccccc2)nc1CN(C)C. The van der Waals surface area contributed by atoms with Gasteiger partial charge in [0.05, 0.1) is 12.6 Å². The van der Waals surface area contributed by atoms with Crippen LogP contribution in [0.2, 0.25) is 0 Å². The van der Waals surface area contributed by atoms with Crippen LogP contribution in [-0.2, 0) is 11.3 Å². The van der Waals surface area contributed by atoms with Gasteiger partial charge in [-0.25, -0.2) is 4.98 Å². The number of hydrogen-bond donors (Lipinski definition) is 2. The van der Waals surface area contributed by atoms with E-state index in [-0.39, 0.29) is 24.0 Å². The fraction of sp³-hybridized carbons (Fsp3) is 0.450. The number of nitrogens with one attached hydrogen (secondary N) is 1. The summed E-state index contributed by atoms with van der Waals surface area (Å²) in [4.78, 5) is 31.1. The molecule has 0 aliphatic heterocycles. The van der Waals surface area contributed by atoms with E-state index in [9.17, 15) is 9.59 Å². The molecule has 146 valence electrons. The van der Waals surface area contributed by atoms with Crippen molar-refractivity contribution in [2.24, 2.45) is 11.7 Å². The highest BCUT2D eigenvalue weighted by Crippen LogP contribution is 2.23. The molecule has 3 N–H and O–H groups in total. The standard InChI is InChI=1S/C20H28N4O3/c1-13(2)10-15(21)19(26)22-11-17(25)18-16(12-24(3)4)23-20(27-18)14-8-6-5-7-9-14/h5-9,13,15H,10-12,21H2,1-4H3,(H,22,26). The van der Waals surface area contributed by atoms with Crippen LogP contribution in [0.25, 0.3) is 11.5 Å². The van der Waals surface area contributed by atoms with E-state index >= 15 is 0 Å². The molecule has 0 spiro atoms. The van der Waals surface area contributed by atoms with Gasteiger partial charge in [-0.3, -0.25) is 9.59 Å². The molecule has 27 heavy (non-hydrogen) atoms. The highest BCUT2D eigenvalue weighted by atomic mass is 16.4. The number of aromatic nitrogens is 1. The van der Waals surface area contributed by atoms with Gasteiger partial charge in [-0.05, 0) is 38.6 Å². The fourth-order valence-electron chi connectivity index (χ4n) is 2.67. The predicted octanol–water partition coefficient (Wildman–Crippen LogP) is 2.08. The van der Waals surface area contributed by atoms with E-state index in [1.807, 2.05) is 63.2 Å². The summed E-state index contributed by atoms with van der Waals surface area (Å²) < 4.78 is 5.75. The summed E-state index contributed by atoms with van der Waals surface area (Å²) in [7, 11) is 3.77. The molecule has 1 aromatic carbocycles. The van der Waals surface area contributed by atoms with Crippen LogP contribution in [0.5, 0.6) is 0 Å². The van der Waals surface area contributed by atoms with Crippen molar-refractivity contribution in [3.05, 3.63) is 41.8 Å². The lowest BCUT2D eigenvalue weighted by Crippen LogP contribution is -2.43. The number of nitrogens with zero attached hydrogens (tertiary/aromatic N) is 2. The summed E-state index contributed by atoms with van der Waals surface area (Å²) in [6.07, 6.45) is 0.562. The number of nitrogens with two attached hydrogens (primary N) is 1. The molecule has 0 aliphatic carbocycles. The Labute approximate surface area is 159 Å². The van der Waals surface area contributed by atoms with Gasteiger partial charge in [0.25, 0.3) is 0 Å². The van der Waals surface area contributed by atoms with Crippen LogP contribution < -0.4 is 11.1 Å². The normalized spacial score (nSPS) is 12.4. The monoisotopic (exact) mass is 372 g/mol. The molecule has 1 atom stereocenters. The van der Waals surface area contributed by atoms with Gasteiger partial charge < -0.3 is 20.4 Å². The minimum Gasteiger partial charge on any atom is -0.433 e. The average molecular weight is 372 g/mol. The van der Waals surface area contributed by atoms with Crippen LogP contribution in [0.15, 0.2) is 34.7 Å². The summed E-state index contributed by atoms with van der Waals surface area (Å²) in [5.41, 5.74) is 7.19. The molecule has 7 heteroatoms. The van der Waals surface area contributed by atoms with Crippen molar-refractivity contribution in [3.63, 3.8) is 0 Å². The van der Waals surface area contributed by atoms with Gasteiger partial charge in [-0.15, -0.1) is 0 Å². The molecule has 2 rings (SSSR count). The van der Waals surface area contributed by atoms with E-state index in [0.29, 0.717) is 30.5 Å². The van der Waals surface area contributed by atoms with Crippen LogP contribution in [-0.4, -0.2) is 48.3 Å². The molecular formula is C20H28N4O3. The van der Waals surface area contributed by atoms with Crippen LogP contribution >= 0.6 is 0 Å². The number of benzene rings is 1. The largest absolute Gasteiger partial charge is 0.433 e. The summed E-state index contributed by atoms with van der Waals surface area (Å²) in [6.45, 7) is 4.27. The van der Waals surface area contributed by atoms with Crippen LogP contribution in [0.1, 0.15) is 36.5 Å². The highest BCUT2D eigenvalue weighted by molar-refractivity contribution is 5.98. The number of ketones is 1. The Morgan fingerprint density at radius 2 is 1.89 bits per heavy atom. The van der Waals surface area contributed by atoms with Gasteiger partial charge in [0, 0.05) is 12.1 Å². The van der Waals surface area contributed by atoms with Crippen LogP contribution in [0, 0.1) is 5.92 Å². The minimum atomic E-state index is -0.631. The Kier molecular flexibility index (Phi) is 7.27. The van der Waals surface area contributed by atoms with E-state index in [0.717, 1.165) is 5.56 Å². The van der Waals surface area contributed by atoms with Crippen molar-refractivity contribution in [2.45, 2.75) is 32.9 Å². The average Bonchev–Trinajstić information content (AvgIpc) is 3.02. The Morgan fingerprint density at radius 3 is 2.48 bits per heavy atom. The molecule has 1 amide bonds. The summed E-state index contributed by atoms with van der Waals surface area (Å²) in [6, 6.07) is 8.76. The lowest BCUT2D eigenvalue weighted by molar-refractivity contribution is -0.122. The predicted molar refractivity (Wildman–Crippen MR) is 104 cm³/mol. The molecule has 0 radical (unpaired) electrons. The minimum absolute atomic E-state index is 0.167. The Morgan fingerprint density at radius 1 is 1.22 bits per heavy atom. The molecule has 1 aromatic heterocycles. The maximum absolute atomic E-state index is 12.6. The summed E-state index contributed by atoms with van der Waals surface area (Å²) in [5, 5.41) is 2.60. The van der Waals surface area contributed by atoms with Crippen molar-refractivity contribution in [1.82, 2.24) is 15.2 Å². The van der Waals surface area contributed by atoms with Gasteiger partial charge in [-0.1, -0.05) is 32.0 Å². The third kappa shape index (κ3) is 6.01. The second-order valence-corrected chi connectivity index (χ2v) is 7.28. The molecule has 0 aliphatic rings. The van der Waals surface area contributed by atoms with E-state index in [2.05, 4.69) is 10.3 Å². The second-order valence-electron chi connectivity index (χ2n) is 7.28. The number of rotatable bonds is 9. The third-order valence-corrected chi connectivity index (χ3v) is 3.92. The van der Waals surface area contributed by atoms with Crippen LogP contribution in [0.4, 0.5) is 0 Å². The van der Waals surface area contributed by atoms with Gasteiger partial charge in [0.1, 0.15) is 5.69 Å². The fourth-order valence-corrected chi connectivity index (χ4v) is 2.67. The number of amides is 1. The first kappa shape index (κ1) is 20.8. The van der Waals surface area contributed by atoms with Gasteiger partial charge in [-0.2, -0.15) is 0 Å². The maximum atomic E-state index is 12.6. The molecule has 0 bridgehead atoms. The summed E-state index contributed by atoms with van der Waals surface area (Å²) >= 11 is 0. The second kappa shape index (κ2) is 9.43. The maximum Gasteiger partial charge on any atom is 0.237 e. The first-order valence-corrected chi connectivity index (χ1v) is 9.04. The zero-order valence-electron chi connectivity index (χ0n) is 16.4. The molecule has 1 unspecified atom stereocenters. The third-order valence-electron chi connectivity index (χ3n) is 3.92. The Balaban J connectivity index is 2.14. The van der Waals surface area contributed by atoms with Gasteiger partial charge in [0.15, 0.2) is 5.76 Å². The molecule has 1 heterocycles. The van der Waals surface area contributed by atoms with E-state index in [1.165, 1.54) is 0 Å². The first-order valence-electron chi connectivity index (χ1n) is 9.04. The molecule has 0 saturated carbocycles. The first-order chi connectivity index (χ1) is 12.8. The summed E-state index contributed by atoms with van der Waals surface area (Å²) in [5.74, 6) is 0.190. The molecule has 2 aromatic rings. The number of oxazole rings is 1.